The molecule has 1 aromatic heterocycles. The normalized spacial score (nSPS) is 10.7. The highest BCUT2D eigenvalue weighted by molar-refractivity contribution is 14.1. The Balaban J connectivity index is 2.14. The summed E-state index contributed by atoms with van der Waals surface area (Å²) in [6.45, 7) is 4.31. The highest BCUT2D eigenvalue weighted by atomic mass is 127. The molecule has 0 saturated carbocycles. The molecule has 0 radical (unpaired) electrons. The van der Waals surface area contributed by atoms with Crippen LogP contribution in [0.3, 0.4) is 0 Å². The van der Waals surface area contributed by atoms with Gasteiger partial charge in [0.2, 0.25) is 5.88 Å². The minimum Gasteiger partial charge on any atom is -0.491 e. The van der Waals surface area contributed by atoms with Crippen LogP contribution in [0.25, 0.3) is 0 Å². The van der Waals surface area contributed by atoms with Crippen LogP contribution in [0.5, 0.6) is 11.6 Å². The van der Waals surface area contributed by atoms with Crippen molar-refractivity contribution in [3.05, 3.63) is 39.6 Å². The molecule has 0 fully saturated rings. The molecule has 0 aliphatic rings. The van der Waals surface area contributed by atoms with Crippen LogP contribution in [-0.2, 0) is 6.61 Å². The lowest BCUT2D eigenvalue weighted by molar-refractivity contribution is 0.141. The Labute approximate surface area is 125 Å². The summed E-state index contributed by atoms with van der Waals surface area (Å²) in [5.41, 5.74) is 0.976. The van der Waals surface area contributed by atoms with E-state index in [-0.39, 0.29) is 6.10 Å². The molecule has 1 N–H and O–H groups in total. The van der Waals surface area contributed by atoms with Gasteiger partial charge in [-0.25, -0.2) is 0 Å². The van der Waals surface area contributed by atoms with Crippen molar-refractivity contribution < 1.29 is 14.7 Å². The molecule has 0 aliphatic heterocycles. The fourth-order valence-electron chi connectivity index (χ4n) is 1.56. The van der Waals surface area contributed by atoms with Crippen LogP contribution >= 0.6 is 22.6 Å². The summed E-state index contributed by atoms with van der Waals surface area (Å²) < 4.78 is 12.4. The number of ether oxygens (including phenoxy) is 2. The van der Waals surface area contributed by atoms with Crippen molar-refractivity contribution in [2.24, 2.45) is 0 Å². The summed E-state index contributed by atoms with van der Waals surface area (Å²) in [7, 11) is 0. The van der Waals surface area contributed by atoms with Gasteiger partial charge < -0.3 is 14.7 Å². The standard InChI is InChI=1S/C13H15IN2O3/c1-9(2)19-12-5-3-4-11(14)10(12)8-18-13-6-7-16(17)15-13/h3-7,9,17H,8H2,1-2H3. The molecule has 2 aromatic rings. The number of hydrogen-bond acceptors (Lipinski definition) is 4. The van der Waals surface area contributed by atoms with Crippen LogP contribution in [0.1, 0.15) is 19.4 Å². The number of rotatable bonds is 5. The van der Waals surface area contributed by atoms with Gasteiger partial charge in [0.15, 0.2) is 0 Å². The summed E-state index contributed by atoms with van der Waals surface area (Å²) in [5.74, 6) is 1.18. The molecule has 1 heterocycles. The second-order valence-corrected chi connectivity index (χ2v) is 5.41. The molecule has 0 saturated heterocycles. The molecule has 5 nitrogen and oxygen atoms in total. The predicted octanol–water partition coefficient (Wildman–Crippen LogP) is 3.09. The van der Waals surface area contributed by atoms with Crippen LogP contribution < -0.4 is 9.47 Å². The van der Waals surface area contributed by atoms with E-state index in [1.807, 2.05) is 32.0 Å². The number of aromatic nitrogens is 2. The fourth-order valence-corrected chi connectivity index (χ4v) is 2.19. The average Bonchev–Trinajstić information content (AvgIpc) is 2.73. The van der Waals surface area contributed by atoms with E-state index in [0.29, 0.717) is 12.5 Å². The molecule has 0 atom stereocenters. The van der Waals surface area contributed by atoms with Gasteiger partial charge in [-0.1, -0.05) is 11.2 Å². The monoisotopic (exact) mass is 374 g/mol. The Kier molecular flexibility index (Phi) is 4.52. The van der Waals surface area contributed by atoms with E-state index < -0.39 is 0 Å². The van der Waals surface area contributed by atoms with Crippen molar-refractivity contribution in [2.45, 2.75) is 26.6 Å². The maximum atomic E-state index is 9.08. The van der Waals surface area contributed by atoms with Gasteiger partial charge in [0.25, 0.3) is 0 Å². The fraction of sp³-hybridized carbons (Fsp3) is 0.308. The van der Waals surface area contributed by atoms with E-state index in [1.54, 1.807) is 6.07 Å². The van der Waals surface area contributed by atoms with Crippen molar-refractivity contribution in [3.8, 4) is 11.6 Å². The minimum atomic E-state index is 0.105. The van der Waals surface area contributed by atoms with Gasteiger partial charge in [-0.3, -0.25) is 0 Å². The third kappa shape index (κ3) is 3.76. The Morgan fingerprint density at radius 3 is 2.79 bits per heavy atom. The zero-order valence-corrected chi connectivity index (χ0v) is 12.9. The second kappa shape index (κ2) is 6.14. The van der Waals surface area contributed by atoms with E-state index in [4.69, 9.17) is 14.7 Å². The lowest BCUT2D eigenvalue weighted by Gasteiger charge is -2.15. The van der Waals surface area contributed by atoms with E-state index >= 15 is 0 Å². The summed E-state index contributed by atoms with van der Waals surface area (Å²) >= 11 is 2.25. The SMILES string of the molecule is CC(C)Oc1cccc(I)c1COc1ccn(O)n1. The van der Waals surface area contributed by atoms with E-state index in [9.17, 15) is 0 Å². The zero-order valence-electron chi connectivity index (χ0n) is 10.7. The Hall–Kier alpha value is -1.44. The number of benzene rings is 1. The maximum Gasteiger partial charge on any atom is 0.236 e. The first-order chi connectivity index (χ1) is 9.06. The summed E-state index contributed by atoms with van der Waals surface area (Å²) in [5, 5.41) is 12.8. The summed E-state index contributed by atoms with van der Waals surface area (Å²) in [4.78, 5) is 0.719. The first kappa shape index (κ1) is 14.0. The summed E-state index contributed by atoms with van der Waals surface area (Å²) in [6.07, 6.45) is 1.52. The molecule has 2 rings (SSSR count). The lowest BCUT2D eigenvalue weighted by atomic mass is 10.2. The topological polar surface area (TPSA) is 56.5 Å². The van der Waals surface area contributed by atoms with E-state index in [0.717, 1.165) is 19.7 Å². The molecular weight excluding hydrogens is 359 g/mol. The molecule has 0 spiro atoms. The van der Waals surface area contributed by atoms with Gasteiger partial charge in [-0.05, 0) is 48.6 Å². The molecule has 0 bridgehead atoms. The molecule has 1 aromatic carbocycles. The zero-order chi connectivity index (χ0) is 13.8. The van der Waals surface area contributed by atoms with Crippen LogP contribution in [0.15, 0.2) is 30.5 Å². The molecule has 6 heteroatoms. The Morgan fingerprint density at radius 2 is 2.16 bits per heavy atom. The van der Waals surface area contributed by atoms with Crippen LogP contribution in [0.2, 0.25) is 0 Å². The molecule has 0 amide bonds. The van der Waals surface area contributed by atoms with E-state index in [1.165, 1.54) is 6.20 Å². The number of nitrogens with zero attached hydrogens (tertiary/aromatic N) is 2. The van der Waals surface area contributed by atoms with Gasteiger partial charge in [0.05, 0.1) is 12.3 Å². The third-order valence-corrected chi connectivity index (χ3v) is 3.37. The highest BCUT2D eigenvalue weighted by Gasteiger charge is 2.11. The van der Waals surface area contributed by atoms with Gasteiger partial charge >= 0.3 is 0 Å². The highest BCUT2D eigenvalue weighted by Crippen LogP contribution is 2.26. The van der Waals surface area contributed by atoms with Gasteiger partial charge in [-0.15, -0.1) is 4.85 Å². The maximum absolute atomic E-state index is 9.08. The van der Waals surface area contributed by atoms with Gasteiger partial charge in [0, 0.05) is 15.2 Å². The largest absolute Gasteiger partial charge is 0.491 e. The van der Waals surface area contributed by atoms with Crippen LogP contribution in [0.4, 0.5) is 0 Å². The Morgan fingerprint density at radius 1 is 1.37 bits per heavy atom. The molecule has 102 valence electrons. The molecule has 19 heavy (non-hydrogen) atoms. The Bertz CT molecular complexity index is 555. The van der Waals surface area contributed by atoms with Crippen molar-refractivity contribution >= 4 is 22.6 Å². The van der Waals surface area contributed by atoms with Crippen molar-refractivity contribution in [2.75, 3.05) is 0 Å². The smallest absolute Gasteiger partial charge is 0.236 e. The first-order valence-corrected chi connectivity index (χ1v) is 6.96. The summed E-state index contributed by atoms with van der Waals surface area (Å²) in [6, 6.07) is 7.47. The van der Waals surface area contributed by atoms with Crippen LogP contribution in [-0.4, -0.2) is 21.3 Å². The number of halogens is 1. The quantitative estimate of drug-likeness (QED) is 0.646. The van der Waals surface area contributed by atoms with E-state index in [2.05, 4.69) is 27.7 Å². The predicted molar refractivity (Wildman–Crippen MR) is 78.7 cm³/mol. The second-order valence-electron chi connectivity index (χ2n) is 4.25. The van der Waals surface area contributed by atoms with Crippen molar-refractivity contribution in [3.63, 3.8) is 0 Å². The van der Waals surface area contributed by atoms with Crippen molar-refractivity contribution in [1.29, 1.82) is 0 Å². The lowest BCUT2D eigenvalue weighted by Crippen LogP contribution is -2.09. The van der Waals surface area contributed by atoms with Crippen molar-refractivity contribution in [1.82, 2.24) is 9.94 Å². The van der Waals surface area contributed by atoms with Gasteiger partial charge in [-0.2, -0.15) is 0 Å². The van der Waals surface area contributed by atoms with Crippen LogP contribution in [0, 0.1) is 3.57 Å². The molecule has 0 unspecified atom stereocenters. The first-order valence-electron chi connectivity index (χ1n) is 5.88. The average molecular weight is 374 g/mol. The molecular formula is C13H15IN2O3. The third-order valence-electron chi connectivity index (χ3n) is 2.35. The van der Waals surface area contributed by atoms with Gasteiger partial charge in [0.1, 0.15) is 12.4 Å². The number of hydrogen-bond donors (Lipinski definition) is 1. The minimum absolute atomic E-state index is 0.105. The molecule has 0 aliphatic carbocycles.